The van der Waals surface area contributed by atoms with Crippen LogP contribution in [0.4, 0.5) is 0 Å². The summed E-state index contributed by atoms with van der Waals surface area (Å²) < 4.78 is 27.7. The Hall–Kier alpha value is -3.16. The van der Waals surface area contributed by atoms with E-state index in [1.807, 2.05) is 62.4 Å². The van der Waals surface area contributed by atoms with Crippen molar-refractivity contribution in [2.75, 3.05) is 20.3 Å². The lowest BCUT2D eigenvalue weighted by Gasteiger charge is -2.35. The molecule has 2 heterocycles. The van der Waals surface area contributed by atoms with Gasteiger partial charge in [-0.25, -0.2) is 9.78 Å². The predicted octanol–water partition coefficient (Wildman–Crippen LogP) is 4.63. The van der Waals surface area contributed by atoms with E-state index in [0.29, 0.717) is 25.7 Å². The smallest absolute Gasteiger partial charge is 0.366 e. The number of aryl methyl sites for hydroxylation is 2. The fraction of sp³-hybridized carbons (Fsp3) is 0.385. The summed E-state index contributed by atoms with van der Waals surface area (Å²) in [6.45, 7) is 6.72. The molecule has 7 nitrogen and oxygen atoms in total. The van der Waals surface area contributed by atoms with E-state index in [1.165, 1.54) is 12.7 Å². The Morgan fingerprint density at radius 1 is 1.06 bits per heavy atom. The Kier molecular flexibility index (Phi) is 6.81. The average Bonchev–Trinajstić information content (AvgIpc) is 3.20. The maximum absolute atomic E-state index is 11.8. The number of oxazole rings is 1. The van der Waals surface area contributed by atoms with Crippen LogP contribution in [0.2, 0.25) is 0 Å². The van der Waals surface area contributed by atoms with E-state index in [9.17, 15) is 4.79 Å². The van der Waals surface area contributed by atoms with Crippen LogP contribution in [0.5, 0.6) is 5.75 Å². The van der Waals surface area contributed by atoms with Crippen molar-refractivity contribution >= 4 is 5.97 Å². The third kappa shape index (κ3) is 5.43. The number of hydrogen-bond acceptors (Lipinski definition) is 7. The first-order chi connectivity index (χ1) is 15.9. The minimum absolute atomic E-state index is 0.160. The van der Waals surface area contributed by atoms with Gasteiger partial charge in [-0.3, -0.25) is 0 Å². The standard InChI is InChI=1S/C26H29NO6/c1-17-5-9-21(10-6-17)24-27-23(18(2)33-24)16-30-22-11-7-19(8-12-22)13-20-14-31-26(3,32-15-20)25(28)29-4/h5-12,20H,13-16H2,1-4H3. The number of rotatable bonds is 7. The van der Waals surface area contributed by atoms with Crippen molar-refractivity contribution < 1.29 is 28.2 Å². The second kappa shape index (κ2) is 9.77. The van der Waals surface area contributed by atoms with Crippen molar-refractivity contribution in [1.29, 1.82) is 0 Å². The Labute approximate surface area is 193 Å². The molecule has 0 unspecified atom stereocenters. The van der Waals surface area contributed by atoms with Crippen LogP contribution in [0.1, 0.15) is 29.5 Å². The third-order valence-corrected chi connectivity index (χ3v) is 5.76. The molecule has 3 aromatic rings. The first kappa shape index (κ1) is 23.0. The lowest BCUT2D eigenvalue weighted by atomic mass is 9.99. The fourth-order valence-electron chi connectivity index (χ4n) is 3.65. The second-order valence-electron chi connectivity index (χ2n) is 8.45. The van der Waals surface area contributed by atoms with Gasteiger partial charge in [0, 0.05) is 18.4 Å². The summed E-state index contributed by atoms with van der Waals surface area (Å²) in [5.41, 5.74) is 4.06. The topological polar surface area (TPSA) is 80.0 Å². The molecule has 1 aromatic heterocycles. The monoisotopic (exact) mass is 451 g/mol. The lowest BCUT2D eigenvalue weighted by molar-refractivity contribution is -0.272. The van der Waals surface area contributed by atoms with Crippen molar-refractivity contribution in [3.05, 3.63) is 71.1 Å². The Bertz CT molecular complexity index is 1080. The third-order valence-electron chi connectivity index (χ3n) is 5.76. The van der Waals surface area contributed by atoms with E-state index in [-0.39, 0.29) is 5.92 Å². The largest absolute Gasteiger partial charge is 0.487 e. The Morgan fingerprint density at radius 2 is 1.73 bits per heavy atom. The number of hydrogen-bond donors (Lipinski definition) is 0. The number of methoxy groups -OCH3 is 1. The molecule has 1 fully saturated rings. The summed E-state index contributed by atoms with van der Waals surface area (Å²) >= 11 is 0. The van der Waals surface area contributed by atoms with Crippen LogP contribution in [0.15, 0.2) is 52.9 Å². The van der Waals surface area contributed by atoms with Crippen molar-refractivity contribution in [3.8, 4) is 17.2 Å². The van der Waals surface area contributed by atoms with Gasteiger partial charge < -0.3 is 23.4 Å². The quantitative estimate of drug-likeness (QED) is 0.485. The lowest BCUT2D eigenvalue weighted by Crippen LogP contribution is -2.48. The van der Waals surface area contributed by atoms with E-state index in [1.54, 1.807) is 6.92 Å². The van der Waals surface area contributed by atoms with Gasteiger partial charge in [0.15, 0.2) is 0 Å². The average molecular weight is 452 g/mol. The van der Waals surface area contributed by atoms with Gasteiger partial charge in [0.1, 0.15) is 23.8 Å². The molecule has 1 aliphatic heterocycles. The van der Waals surface area contributed by atoms with Crippen molar-refractivity contribution in [3.63, 3.8) is 0 Å². The molecule has 0 aliphatic carbocycles. The molecule has 0 atom stereocenters. The second-order valence-corrected chi connectivity index (χ2v) is 8.45. The van der Waals surface area contributed by atoms with Gasteiger partial charge in [-0.2, -0.15) is 0 Å². The Morgan fingerprint density at radius 3 is 2.36 bits per heavy atom. The van der Waals surface area contributed by atoms with Crippen LogP contribution in [0.3, 0.4) is 0 Å². The van der Waals surface area contributed by atoms with Gasteiger partial charge in [0.05, 0.1) is 20.3 Å². The van der Waals surface area contributed by atoms with Crippen LogP contribution < -0.4 is 4.74 Å². The number of ether oxygens (including phenoxy) is 4. The molecule has 0 spiro atoms. The number of carbonyl (C=O) groups is 1. The highest BCUT2D eigenvalue weighted by atomic mass is 16.7. The Balaban J connectivity index is 1.30. The van der Waals surface area contributed by atoms with Crippen LogP contribution >= 0.6 is 0 Å². The van der Waals surface area contributed by atoms with Gasteiger partial charge in [-0.1, -0.05) is 29.8 Å². The molecule has 2 aromatic carbocycles. The zero-order valence-electron chi connectivity index (χ0n) is 19.4. The van der Waals surface area contributed by atoms with Crippen LogP contribution in [-0.2, 0) is 32.0 Å². The highest BCUT2D eigenvalue weighted by molar-refractivity contribution is 5.77. The molecule has 0 saturated carbocycles. The number of aromatic nitrogens is 1. The van der Waals surface area contributed by atoms with Gasteiger partial charge in [-0.15, -0.1) is 0 Å². The highest BCUT2D eigenvalue weighted by Crippen LogP contribution is 2.26. The summed E-state index contributed by atoms with van der Waals surface area (Å²) in [7, 11) is 1.32. The maximum atomic E-state index is 11.8. The van der Waals surface area contributed by atoms with Gasteiger partial charge in [-0.05, 0) is 50.1 Å². The summed E-state index contributed by atoms with van der Waals surface area (Å²) in [4.78, 5) is 16.4. The van der Waals surface area contributed by atoms with Crippen LogP contribution in [0, 0.1) is 19.8 Å². The molecule has 0 N–H and O–H groups in total. The molecule has 1 aliphatic rings. The van der Waals surface area contributed by atoms with Gasteiger partial charge >= 0.3 is 5.97 Å². The number of carbonyl (C=O) groups excluding carboxylic acids is 1. The van der Waals surface area contributed by atoms with E-state index in [2.05, 4.69) is 4.98 Å². The summed E-state index contributed by atoms with van der Waals surface area (Å²) in [5, 5.41) is 0. The maximum Gasteiger partial charge on any atom is 0.366 e. The van der Waals surface area contributed by atoms with E-state index in [4.69, 9.17) is 23.4 Å². The van der Waals surface area contributed by atoms with Crippen LogP contribution in [0.25, 0.3) is 11.5 Å². The summed E-state index contributed by atoms with van der Waals surface area (Å²) in [5.74, 6) is 0.428. The minimum atomic E-state index is -1.32. The molecule has 4 rings (SSSR count). The molecule has 0 radical (unpaired) electrons. The normalized spacial score (nSPS) is 20.4. The van der Waals surface area contributed by atoms with E-state index in [0.717, 1.165) is 34.8 Å². The van der Waals surface area contributed by atoms with Gasteiger partial charge in [0.2, 0.25) is 5.89 Å². The SMILES string of the molecule is COC(=O)C1(C)OCC(Cc2ccc(OCc3nc(-c4ccc(C)cc4)oc3C)cc2)CO1. The molecular weight excluding hydrogens is 422 g/mol. The molecule has 7 heteroatoms. The first-order valence-electron chi connectivity index (χ1n) is 11.0. The van der Waals surface area contributed by atoms with E-state index < -0.39 is 11.8 Å². The summed E-state index contributed by atoms with van der Waals surface area (Å²) in [6, 6.07) is 16.0. The predicted molar refractivity (Wildman–Crippen MR) is 122 cm³/mol. The molecule has 0 bridgehead atoms. The zero-order chi connectivity index (χ0) is 23.4. The van der Waals surface area contributed by atoms with Crippen LogP contribution in [-0.4, -0.2) is 37.1 Å². The number of nitrogens with zero attached hydrogens (tertiary/aromatic N) is 1. The molecule has 174 valence electrons. The van der Waals surface area contributed by atoms with Crippen molar-refractivity contribution in [2.24, 2.45) is 5.92 Å². The van der Waals surface area contributed by atoms with E-state index >= 15 is 0 Å². The van der Waals surface area contributed by atoms with Gasteiger partial charge in [0.25, 0.3) is 5.79 Å². The molecule has 1 saturated heterocycles. The fourth-order valence-corrected chi connectivity index (χ4v) is 3.65. The molecular formula is C26H29NO6. The number of benzene rings is 2. The number of esters is 1. The zero-order valence-corrected chi connectivity index (χ0v) is 19.4. The molecule has 0 amide bonds. The summed E-state index contributed by atoms with van der Waals surface area (Å²) in [6.07, 6.45) is 0.778. The molecule has 33 heavy (non-hydrogen) atoms. The minimum Gasteiger partial charge on any atom is -0.487 e. The highest BCUT2D eigenvalue weighted by Gasteiger charge is 2.41. The van der Waals surface area contributed by atoms with Crippen molar-refractivity contribution in [1.82, 2.24) is 4.98 Å². The van der Waals surface area contributed by atoms with Crippen molar-refractivity contribution in [2.45, 2.75) is 39.6 Å². The first-order valence-corrected chi connectivity index (χ1v) is 11.0.